The van der Waals surface area contributed by atoms with Gasteiger partial charge in [-0.1, -0.05) is 0 Å². The third-order valence-electron chi connectivity index (χ3n) is 5.65. The van der Waals surface area contributed by atoms with Crippen molar-refractivity contribution in [3.63, 3.8) is 0 Å². The van der Waals surface area contributed by atoms with Crippen molar-refractivity contribution in [1.82, 2.24) is 14.9 Å². The Kier molecular flexibility index (Phi) is 5.14. The maximum atomic E-state index is 10.8. The molecule has 0 unspecified atom stereocenters. The predicted octanol–water partition coefficient (Wildman–Crippen LogP) is 2.86. The highest BCUT2D eigenvalue weighted by molar-refractivity contribution is 7.18. The molecule has 4 rings (SSSR count). The van der Waals surface area contributed by atoms with Crippen molar-refractivity contribution in [2.24, 2.45) is 0 Å². The molecule has 0 spiro atoms. The Morgan fingerprint density at radius 3 is 2.65 bits per heavy atom. The van der Waals surface area contributed by atoms with E-state index in [1.54, 1.807) is 11.3 Å². The van der Waals surface area contributed by atoms with Crippen LogP contribution in [-0.2, 0) is 11.3 Å². The number of anilines is 1. The van der Waals surface area contributed by atoms with E-state index in [9.17, 15) is 5.11 Å². The smallest absolute Gasteiger partial charge is 0.146 e. The molecule has 2 fully saturated rings. The molecule has 26 heavy (non-hydrogen) atoms. The Bertz CT molecular complexity index is 779. The third kappa shape index (κ3) is 3.71. The molecule has 6 nitrogen and oxygen atoms in total. The Morgan fingerprint density at radius 1 is 1.19 bits per heavy atom. The summed E-state index contributed by atoms with van der Waals surface area (Å²) in [5.41, 5.74) is 0.517. The zero-order valence-electron chi connectivity index (χ0n) is 15.7. The van der Waals surface area contributed by atoms with Crippen LogP contribution in [0.15, 0.2) is 0 Å². The van der Waals surface area contributed by atoms with Crippen LogP contribution in [0, 0.1) is 13.8 Å². The Hall–Kier alpha value is -1.28. The molecule has 0 aliphatic carbocycles. The van der Waals surface area contributed by atoms with Gasteiger partial charge in [0.1, 0.15) is 16.5 Å². The van der Waals surface area contributed by atoms with Gasteiger partial charge in [-0.05, 0) is 45.3 Å². The van der Waals surface area contributed by atoms with Crippen LogP contribution < -0.4 is 5.32 Å². The maximum Gasteiger partial charge on any atom is 0.146 e. The first-order valence-electron chi connectivity index (χ1n) is 9.57. The summed E-state index contributed by atoms with van der Waals surface area (Å²) in [6.45, 7) is 9.07. The second kappa shape index (κ2) is 7.38. The van der Waals surface area contributed by atoms with Crippen molar-refractivity contribution in [1.29, 1.82) is 0 Å². The summed E-state index contributed by atoms with van der Waals surface area (Å²) >= 11 is 1.73. The van der Waals surface area contributed by atoms with Crippen molar-refractivity contribution in [2.75, 3.05) is 38.2 Å². The molecule has 0 saturated carbocycles. The summed E-state index contributed by atoms with van der Waals surface area (Å²) in [6, 6.07) is 0. The van der Waals surface area contributed by atoms with E-state index in [1.165, 1.54) is 23.3 Å². The van der Waals surface area contributed by atoms with E-state index in [0.29, 0.717) is 32.6 Å². The average Bonchev–Trinajstić information content (AvgIpc) is 3.22. The van der Waals surface area contributed by atoms with Crippen molar-refractivity contribution >= 4 is 27.4 Å². The standard InChI is InChI=1S/C19H28N4O2S/c1-13-14(2)26-18-16(13)17(20-12-19(24)5-9-25-10-6-19)21-15(22-18)11-23-7-3-4-8-23/h24H,3-12H2,1-2H3,(H,20,21,22). The number of fused-ring (bicyclic) bond motifs is 1. The number of aryl methyl sites for hydroxylation is 2. The van der Waals surface area contributed by atoms with Crippen molar-refractivity contribution in [2.45, 2.75) is 51.7 Å². The number of likely N-dealkylation sites (tertiary alicyclic amines) is 1. The number of thiophene rings is 1. The fraction of sp³-hybridized carbons (Fsp3) is 0.684. The molecule has 7 heteroatoms. The normalized spacial score (nSPS) is 20.7. The van der Waals surface area contributed by atoms with Crippen LogP contribution in [0.2, 0.25) is 0 Å². The lowest BCUT2D eigenvalue weighted by Crippen LogP contribution is -2.42. The first kappa shape index (κ1) is 18.1. The first-order chi connectivity index (χ1) is 12.5. The van der Waals surface area contributed by atoms with E-state index in [1.807, 2.05) is 0 Å². The van der Waals surface area contributed by atoms with Gasteiger partial charge in [0.2, 0.25) is 0 Å². The second-order valence-corrected chi connectivity index (χ2v) is 8.83. The number of rotatable bonds is 5. The number of ether oxygens (including phenoxy) is 1. The highest BCUT2D eigenvalue weighted by Crippen LogP contribution is 2.34. The summed E-state index contributed by atoms with van der Waals surface area (Å²) in [7, 11) is 0. The minimum atomic E-state index is -0.719. The van der Waals surface area contributed by atoms with E-state index in [4.69, 9.17) is 14.7 Å². The highest BCUT2D eigenvalue weighted by atomic mass is 32.1. The maximum absolute atomic E-state index is 10.8. The molecule has 4 heterocycles. The zero-order valence-corrected chi connectivity index (χ0v) is 16.5. The van der Waals surface area contributed by atoms with Gasteiger partial charge in [0.15, 0.2) is 0 Å². The third-order valence-corrected chi connectivity index (χ3v) is 6.75. The zero-order chi connectivity index (χ0) is 18.1. The summed E-state index contributed by atoms with van der Waals surface area (Å²) < 4.78 is 5.39. The van der Waals surface area contributed by atoms with E-state index in [2.05, 4.69) is 24.1 Å². The molecule has 0 bridgehead atoms. The van der Waals surface area contributed by atoms with E-state index in [-0.39, 0.29) is 0 Å². The molecular formula is C19H28N4O2S. The van der Waals surface area contributed by atoms with Gasteiger partial charge in [0.05, 0.1) is 17.5 Å². The minimum absolute atomic E-state index is 0.500. The largest absolute Gasteiger partial charge is 0.388 e. The van der Waals surface area contributed by atoms with Gasteiger partial charge >= 0.3 is 0 Å². The predicted molar refractivity (Wildman–Crippen MR) is 105 cm³/mol. The Labute approximate surface area is 158 Å². The monoisotopic (exact) mass is 376 g/mol. The minimum Gasteiger partial charge on any atom is -0.388 e. The van der Waals surface area contributed by atoms with Gasteiger partial charge in [-0.2, -0.15) is 0 Å². The van der Waals surface area contributed by atoms with E-state index < -0.39 is 5.60 Å². The molecule has 2 N–H and O–H groups in total. The van der Waals surface area contributed by atoms with E-state index in [0.717, 1.165) is 41.5 Å². The fourth-order valence-corrected chi connectivity index (χ4v) is 4.86. The number of nitrogens with zero attached hydrogens (tertiary/aromatic N) is 3. The van der Waals surface area contributed by atoms with Crippen LogP contribution in [0.1, 0.15) is 41.9 Å². The quantitative estimate of drug-likeness (QED) is 0.836. The molecule has 2 aromatic rings. The van der Waals surface area contributed by atoms with Crippen molar-refractivity contribution < 1.29 is 9.84 Å². The van der Waals surface area contributed by atoms with Crippen LogP contribution in [0.3, 0.4) is 0 Å². The van der Waals surface area contributed by atoms with Crippen LogP contribution in [0.5, 0.6) is 0 Å². The lowest BCUT2D eigenvalue weighted by Gasteiger charge is -2.32. The Balaban J connectivity index is 1.61. The van der Waals surface area contributed by atoms with Gasteiger partial charge in [-0.25, -0.2) is 9.97 Å². The summed E-state index contributed by atoms with van der Waals surface area (Å²) in [5, 5.41) is 15.3. The summed E-state index contributed by atoms with van der Waals surface area (Å²) in [6.07, 6.45) is 3.85. The lowest BCUT2D eigenvalue weighted by atomic mass is 9.94. The molecule has 2 aliphatic rings. The van der Waals surface area contributed by atoms with Gasteiger partial charge in [0.25, 0.3) is 0 Å². The molecule has 2 aromatic heterocycles. The molecule has 0 aromatic carbocycles. The molecule has 0 radical (unpaired) electrons. The van der Waals surface area contributed by atoms with Gasteiger partial charge < -0.3 is 15.2 Å². The summed E-state index contributed by atoms with van der Waals surface area (Å²) in [5.74, 6) is 1.74. The number of aromatic nitrogens is 2. The number of aliphatic hydroxyl groups is 1. The molecule has 2 aliphatic heterocycles. The number of hydrogen-bond donors (Lipinski definition) is 2. The first-order valence-corrected chi connectivity index (χ1v) is 10.4. The topological polar surface area (TPSA) is 70.5 Å². The van der Waals surface area contributed by atoms with Gasteiger partial charge in [-0.15, -0.1) is 11.3 Å². The molecule has 0 amide bonds. The number of nitrogens with one attached hydrogen (secondary N) is 1. The second-order valence-electron chi connectivity index (χ2n) is 7.63. The van der Waals surface area contributed by atoms with Gasteiger partial charge in [-0.3, -0.25) is 4.90 Å². The van der Waals surface area contributed by atoms with Crippen molar-refractivity contribution in [3.05, 3.63) is 16.3 Å². The highest BCUT2D eigenvalue weighted by Gasteiger charge is 2.30. The summed E-state index contributed by atoms with van der Waals surface area (Å²) in [4.78, 5) is 14.4. The number of hydrogen-bond acceptors (Lipinski definition) is 7. The van der Waals surface area contributed by atoms with Crippen LogP contribution in [0.4, 0.5) is 5.82 Å². The van der Waals surface area contributed by atoms with Crippen LogP contribution in [0.25, 0.3) is 10.2 Å². The van der Waals surface area contributed by atoms with Crippen LogP contribution in [-0.4, -0.2) is 58.4 Å². The van der Waals surface area contributed by atoms with Crippen molar-refractivity contribution in [3.8, 4) is 0 Å². The lowest BCUT2D eigenvalue weighted by molar-refractivity contribution is -0.0543. The van der Waals surface area contributed by atoms with Gasteiger partial charge in [0, 0.05) is 37.5 Å². The molecular weight excluding hydrogens is 348 g/mol. The fourth-order valence-electron chi connectivity index (χ4n) is 3.81. The average molecular weight is 377 g/mol. The van der Waals surface area contributed by atoms with Crippen LogP contribution >= 0.6 is 11.3 Å². The van der Waals surface area contributed by atoms with E-state index >= 15 is 0 Å². The molecule has 0 atom stereocenters. The SMILES string of the molecule is Cc1sc2nc(CN3CCCC3)nc(NCC3(O)CCOCC3)c2c1C. The Morgan fingerprint density at radius 2 is 1.92 bits per heavy atom. The molecule has 2 saturated heterocycles. The molecule has 142 valence electrons.